The molecular formula is C12H19ClN2O. The number of anilines is 2. The Bertz CT molecular complexity index is 342. The first kappa shape index (κ1) is 13.1. The summed E-state index contributed by atoms with van der Waals surface area (Å²) < 4.78 is 0. The number of aliphatic hydroxyl groups is 1. The number of aliphatic hydroxyl groups excluding tert-OH is 1. The molecule has 3 nitrogen and oxygen atoms in total. The van der Waals surface area contributed by atoms with Gasteiger partial charge >= 0.3 is 0 Å². The number of hydrogen-bond donors (Lipinski definition) is 3. The maximum Gasteiger partial charge on any atom is 0.0577 e. The van der Waals surface area contributed by atoms with E-state index in [1.165, 1.54) is 0 Å². The summed E-state index contributed by atoms with van der Waals surface area (Å²) >= 11 is 5.83. The normalized spacial score (nSPS) is 12.8. The minimum atomic E-state index is 0.170. The number of rotatable bonds is 5. The van der Waals surface area contributed by atoms with Crippen LogP contribution in [0.1, 0.15) is 20.3 Å². The van der Waals surface area contributed by atoms with Crippen molar-refractivity contribution in [2.45, 2.75) is 26.3 Å². The van der Waals surface area contributed by atoms with Crippen LogP contribution in [0.15, 0.2) is 18.2 Å². The Morgan fingerprint density at radius 3 is 2.62 bits per heavy atom. The Balaban J connectivity index is 2.77. The van der Waals surface area contributed by atoms with Crippen LogP contribution in [0.5, 0.6) is 0 Å². The molecule has 0 fully saturated rings. The number of hydrogen-bond acceptors (Lipinski definition) is 3. The zero-order valence-electron chi connectivity index (χ0n) is 9.70. The average molecular weight is 243 g/mol. The number of nitrogens with two attached hydrogens (primary N) is 1. The Labute approximate surface area is 102 Å². The van der Waals surface area contributed by atoms with E-state index in [1.54, 1.807) is 12.1 Å². The second-order valence-electron chi connectivity index (χ2n) is 4.24. The quantitative estimate of drug-likeness (QED) is 0.696. The molecule has 1 atom stereocenters. The molecule has 90 valence electrons. The summed E-state index contributed by atoms with van der Waals surface area (Å²) in [5, 5.41) is 12.9. The van der Waals surface area contributed by atoms with Crippen LogP contribution in [-0.4, -0.2) is 17.8 Å². The van der Waals surface area contributed by atoms with Gasteiger partial charge in [0.05, 0.1) is 11.4 Å². The molecule has 0 aliphatic carbocycles. The minimum Gasteiger partial charge on any atom is -0.397 e. The fourth-order valence-electron chi connectivity index (χ4n) is 1.58. The second kappa shape index (κ2) is 5.97. The van der Waals surface area contributed by atoms with Crippen molar-refractivity contribution in [1.29, 1.82) is 0 Å². The number of halogens is 1. The molecule has 1 aromatic rings. The van der Waals surface area contributed by atoms with Gasteiger partial charge in [0.2, 0.25) is 0 Å². The standard InChI is InChI=1S/C12H19ClN2O/c1-8(2)11(5-6-16)15-12-4-3-9(13)7-10(12)14/h3-4,7-8,11,15-16H,5-6,14H2,1-2H3. The molecule has 4 heteroatoms. The lowest BCUT2D eigenvalue weighted by molar-refractivity contribution is 0.267. The highest BCUT2D eigenvalue weighted by Gasteiger charge is 2.13. The maximum absolute atomic E-state index is 8.98. The van der Waals surface area contributed by atoms with Gasteiger partial charge in [0.1, 0.15) is 0 Å². The molecule has 0 heterocycles. The van der Waals surface area contributed by atoms with Gasteiger partial charge in [0.15, 0.2) is 0 Å². The lowest BCUT2D eigenvalue weighted by Crippen LogP contribution is -2.27. The minimum absolute atomic E-state index is 0.170. The monoisotopic (exact) mass is 242 g/mol. The van der Waals surface area contributed by atoms with Gasteiger partial charge in [0.25, 0.3) is 0 Å². The molecule has 0 radical (unpaired) electrons. The maximum atomic E-state index is 8.98. The molecule has 0 saturated heterocycles. The van der Waals surface area contributed by atoms with Gasteiger partial charge in [-0.1, -0.05) is 25.4 Å². The largest absolute Gasteiger partial charge is 0.397 e. The molecule has 0 spiro atoms. The van der Waals surface area contributed by atoms with E-state index in [2.05, 4.69) is 19.2 Å². The van der Waals surface area contributed by atoms with Crippen LogP contribution in [0.2, 0.25) is 5.02 Å². The van der Waals surface area contributed by atoms with Gasteiger partial charge in [-0.3, -0.25) is 0 Å². The fourth-order valence-corrected chi connectivity index (χ4v) is 1.76. The van der Waals surface area contributed by atoms with Crippen LogP contribution in [0, 0.1) is 5.92 Å². The molecule has 0 aromatic heterocycles. The van der Waals surface area contributed by atoms with E-state index in [0.29, 0.717) is 23.0 Å². The van der Waals surface area contributed by atoms with Gasteiger partial charge in [-0.05, 0) is 30.5 Å². The SMILES string of the molecule is CC(C)C(CCO)Nc1ccc(Cl)cc1N. The first-order valence-corrected chi connectivity index (χ1v) is 5.84. The van der Waals surface area contributed by atoms with E-state index in [9.17, 15) is 0 Å². The van der Waals surface area contributed by atoms with Gasteiger partial charge in [-0.25, -0.2) is 0 Å². The Kier molecular flexibility index (Phi) is 4.90. The van der Waals surface area contributed by atoms with Gasteiger partial charge in [-0.2, -0.15) is 0 Å². The Hall–Kier alpha value is -0.930. The fraction of sp³-hybridized carbons (Fsp3) is 0.500. The smallest absolute Gasteiger partial charge is 0.0577 e. The van der Waals surface area contributed by atoms with Crippen LogP contribution < -0.4 is 11.1 Å². The molecule has 0 bridgehead atoms. The topological polar surface area (TPSA) is 58.3 Å². The molecule has 1 unspecified atom stereocenters. The molecule has 0 aliphatic rings. The molecule has 4 N–H and O–H groups in total. The highest BCUT2D eigenvalue weighted by molar-refractivity contribution is 6.31. The van der Waals surface area contributed by atoms with Crippen LogP contribution in [0.25, 0.3) is 0 Å². The molecular weight excluding hydrogens is 224 g/mol. The van der Waals surface area contributed by atoms with E-state index in [-0.39, 0.29) is 12.6 Å². The first-order valence-electron chi connectivity index (χ1n) is 5.47. The molecule has 0 aliphatic heterocycles. The lowest BCUT2D eigenvalue weighted by atomic mass is 10.0. The highest BCUT2D eigenvalue weighted by Crippen LogP contribution is 2.25. The number of benzene rings is 1. The number of nitrogen functional groups attached to an aromatic ring is 1. The van der Waals surface area contributed by atoms with Crippen LogP contribution in [0.3, 0.4) is 0 Å². The predicted octanol–water partition coefficient (Wildman–Crippen LogP) is 2.74. The van der Waals surface area contributed by atoms with Crippen molar-refractivity contribution in [3.8, 4) is 0 Å². The van der Waals surface area contributed by atoms with Crippen molar-refractivity contribution in [3.63, 3.8) is 0 Å². The average Bonchev–Trinajstić information content (AvgIpc) is 2.20. The van der Waals surface area contributed by atoms with E-state index in [0.717, 1.165) is 5.69 Å². The van der Waals surface area contributed by atoms with Gasteiger partial charge < -0.3 is 16.2 Å². The van der Waals surface area contributed by atoms with Crippen molar-refractivity contribution in [2.75, 3.05) is 17.7 Å². The van der Waals surface area contributed by atoms with Crippen molar-refractivity contribution in [3.05, 3.63) is 23.2 Å². The van der Waals surface area contributed by atoms with Gasteiger partial charge in [-0.15, -0.1) is 0 Å². The van der Waals surface area contributed by atoms with Gasteiger partial charge in [0, 0.05) is 17.7 Å². The summed E-state index contributed by atoms with van der Waals surface area (Å²) in [6, 6.07) is 5.61. The van der Waals surface area contributed by atoms with Crippen molar-refractivity contribution in [2.24, 2.45) is 5.92 Å². The van der Waals surface area contributed by atoms with E-state index < -0.39 is 0 Å². The predicted molar refractivity (Wildman–Crippen MR) is 69.8 cm³/mol. The summed E-state index contributed by atoms with van der Waals surface area (Å²) in [6.45, 7) is 4.39. The molecule has 16 heavy (non-hydrogen) atoms. The molecule has 1 rings (SSSR count). The Morgan fingerprint density at radius 2 is 2.12 bits per heavy atom. The zero-order valence-corrected chi connectivity index (χ0v) is 10.5. The highest BCUT2D eigenvalue weighted by atomic mass is 35.5. The number of nitrogens with one attached hydrogen (secondary N) is 1. The lowest BCUT2D eigenvalue weighted by Gasteiger charge is -2.23. The summed E-state index contributed by atoms with van der Waals surface area (Å²) in [4.78, 5) is 0. The summed E-state index contributed by atoms with van der Waals surface area (Å²) in [7, 11) is 0. The third-order valence-electron chi connectivity index (χ3n) is 2.60. The van der Waals surface area contributed by atoms with Crippen LogP contribution >= 0.6 is 11.6 Å². The van der Waals surface area contributed by atoms with Crippen LogP contribution in [0.4, 0.5) is 11.4 Å². The third kappa shape index (κ3) is 3.58. The van der Waals surface area contributed by atoms with Crippen molar-refractivity contribution in [1.82, 2.24) is 0 Å². The Morgan fingerprint density at radius 1 is 1.44 bits per heavy atom. The first-order chi connectivity index (χ1) is 7.54. The van der Waals surface area contributed by atoms with Crippen molar-refractivity contribution >= 4 is 23.0 Å². The molecule has 0 amide bonds. The second-order valence-corrected chi connectivity index (χ2v) is 4.68. The van der Waals surface area contributed by atoms with E-state index in [4.69, 9.17) is 22.4 Å². The summed E-state index contributed by atoms with van der Waals surface area (Å²) in [5.41, 5.74) is 7.36. The molecule has 0 saturated carbocycles. The van der Waals surface area contributed by atoms with E-state index in [1.807, 2.05) is 6.07 Å². The van der Waals surface area contributed by atoms with Crippen LogP contribution in [-0.2, 0) is 0 Å². The summed E-state index contributed by atoms with van der Waals surface area (Å²) in [5.74, 6) is 0.433. The van der Waals surface area contributed by atoms with Crippen molar-refractivity contribution < 1.29 is 5.11 Å². The zero-order chi connectivity index (χ0) is 12.1. The summed E-state index contributed by atoms with van der Waals surface area (Å²) in [6.07, 6.45) is 0.708. The molecule has 1 aromatic carbocycles. The van der Waals surface area contributed by atoms with E-state index >= 15 is 0 Å². The third-order valence-corrected chi connectivity index (χ3v) is 2.83.